The topological polar surface area (TPSA) is 219 Å². The fourth-order valence-electron chi connectivity index (χ4n) is 7.61. The van der Waals surface area contributed by atoms with Crippen molar-refractivity contribution in [2.45, 2.75) is 86.3 Å². The second-order valence-electron chi connectivity index (χ2n) is 14.3. The van der Waals surface area contributed by atoms with E-state index in [4.69, 9.17) is 9.84 Å². The van der Waals surface area contributed by atoms with Gasteiger partial charge in [0.2, 0.25) is 5.69 Å². The summed E-state index contributed by atoms with van der Waals surface area (Å²) in [5, 5.41) is 9.07. The summed E-state index contributed by atoms with van der Waals surface area (Å²) in [7, 11) is -11.9. The van der Waals surface area contributed by atoms with Crippen LogP contribution in [0.2, 0.25) is 0 Å². The predicted molar refractivity (Wildman–Crippen MR) is 212 cm³/mol. The van der Waals surface area contributed by atoms with Crippen LogP contribution in [0.4, 0.5) is 11.4 Å². The number of carboxylic acid groups (broad SMARTS) is 1. The minimum absolute atomic E-state index is 0.0188. The molecule has 306 valence electrons. The molecule has 17 heteroatoms. The first kappa shape index (κ1) is 44.7. The molecule has 2 aromatic rings. The quantitative estimate of drug-likeness (QED) is 0.0614. The summed E-state index contributed by atoms with van der Waals surface area (Å²) in [5.74, 6) is -1.41. The molecule has 14 nitrogen and oxygen atoms in total. The zero-order valence-electron chi connectivity index (χ0n) is 31.9. The van der Waals surface area contributed by atoms with Crippen molar-refractivity contribution in [3.8, 4) is 0 Å². The zero-order valence-corrected chi connectivity index (χ0v) is 34.4. The van der Waals surface area contributed by atoms with Crippen LogP contribution in [0.3, 0.4) is 0 Å². The highest BCUT2D eigenvalue weighted by atomic mass is 32.2. The third-order valence-corrected chi connectivity index (χ3v) is 12.9. The molecule has 0 amide bonds. The number of anilines is 1. The summed E-state index contributed by atoms with van der Waals surface area (Å²) in [5.41, 5.74) is 2.77. The number of fused-ring (bicyclic) bond motifs is 2. The average Bonchev–Trinajstić information content (AvgIpc) is 3.48. The Morgan fingerprint density at radius 2 is 1.52 bits per heavy atom. The van der Waals surface area contributed by atoms with Crippen molar-refractivity contribution in [3.05, 3.63) is 95.8 Å². The van der Waals surface area contributed by atoms with Crippen molar-refractivity contribution in [2.24, 2.45) is 0 Å². The van der Waals surface area contributed by atoms with Gasteiger partial charge in [0.15, 0.2) is 5.71 Å². The molecule has 2 atom stereocenters. The van der Waals surface area contributed by atoms with Gasteiger partial charge in [0.1, 0.15) is 16.7 Å². The predicted octanol–water partition coefficient (Wildman–Crippen LogP) is 5.89. The summed E-state index contributed by atoms with van der Waals surface area (Å²) >= 11 is 0. The van der Waals surface area contributed by atoms with Crippen LogP contribution in [0.5, 0.6) is 0 Å². The van der Waals surface area contributed by atoms with Crippen LogP contribution in [0, 0.1) is 0 Å². The normalized spacial score (nSPS) is 21.0. The largest absolute Gasteiger partial charge is 0.744 e. The van der Waals surface area contributed by atoms with E-state index in [9.17, 15) is 43.7 Å². The minimum atomic E-state index is -4.82. The molecule has 4 rings (SSSR count). The number of hydrogen-bond donors (Lipinski definition) is 3. The number of carbonyl (C=O) groups is 1. The van der Waals surface area contributed by atoms with Gasteiger partial charge < -0.3 is 19.3 Å². The lowest BCUT2D eigenvalue weighted by atomic mass is 9.76. The fourth-order valence-corrected chi connectivity index (χ4v) is 9.12. The van der Waals surface area contributed by atoms with Crippen molar-refractivity contribution >= 4 is 53.4 Å². The highest BCUT2D eigenvalue weighted by Gasteiger charge is 2.48. The Kier molecular flexibility index (Phi) is 14.5. The first-order valence-electron chi connectivity index (χ1n) is 18.2. The van der Waals surface area contributed by atoms with Crippen molar-refractivity contribution in [1.29, 1.82) is 0 Å². The van der Waals surface area contributed by atoms with Crippen LogP contribution in [0.25, 0.3) is 0 Å². The van der Waals surface area contributed by atoms with Crippen molar-refractivity contribution in [1.82, 2.24) is 0 Å². The van der Waals surface area contributed by atoms with E-state index in [1.54, 1.807) is 37.5 Å². The van der Waals surface area contributed by atoms with E-state index in [1.807, 2.05) is 49.7 Å². The van der Waals surface area contributed by atoms with Crippen molar-refractivity contribution in [3.63, 3.8) is 0 Å². The molecule has 0 aliphatic carbocycles. The molecule has 56 heavy (non-hydrogen) atoms. The number of likely N-dealkylation sites (N-methyl/N-ethyl adjacent to an activating group) is 1. The molecular formula is C39H50N2O12S3. The Labute approximate surface area is 329 Å². The molecule has 2 heterocycles. The lowest BCUT2D eigenvalue weighted by Gasteiger charge is -2.29. The van der Waals surface area contributed by atoms with Crippen LogP contribution in [-0.4, -0.2) is 92.8 Å². The number of aliphatic carboxylic acids is 1. The molecule has 0 fully saturated rings. The Bertz CT molecular complexity index is 2290. The lowest BCUT2D eigenvalue weighted by Crippen LogP contribution is -2.32. The number of methoxy groups -OCH3 is 1. The Morgan fingerprint density at radius 1 is 0.857 bits per heavy atom. The number of hydrogen-bond acceptors (Lipinski definition) is 10. The first-order chi connectivity index (χ1) is 26.2. The second kappa shape index (κ2) is 18.1. The van der Waals surface area contributed by atoms with Crippen LogP contribution >= 0.6 is 0 Å². The van der Waals surface area contributed by atoms with E-state index in [-0.39, 0.29) is 24.2 Å². The van der Waals surface area contributed by atoms with E-state index in [0.717, 1.165) is 16.9 Å². The summed E-state index contributed by atoms with van der Waals surface area (Å²) in [4.78, 5) is 12.5. The SMILES string of the molecule is CCN1/C(=C/C=C/C=C/C=C/C2=[N+](CCCCCC(=O)O)c3ccc(S(=O)(=O)[O-])cc3C2(C)CCCS(=O)(=O)O)C(C)(CCOC)c2cc(S(=O)(=O)O)ccc21. The molecule has 2 aliphatic rings. The molecule has 2 unspecified atom stereocenters. The van der Waals surface area contributed by atoms with E-state index in [2.05, 4.69) is 4.90 Å². The maximum Gasteiger partial charge on any atom is 0.303 e. The van der Waals surface area contributed by atoms with Gasteiger partial charge in [-0.05, 0) is 94.8 Å². The van der Waals surface area contributed by atoms with Gasteiger partial charge in [-0.2, -0.15) is 21.4 Å². The number of ether oxygens (including phenoxy) is 1. The number of benzene rings is 2. The molecule has 0 aromatic heterocycles. The highest BCUT2D eigenvalue weighted by molar-refractivity contribution is 7.86. The number of rotatable bonds is 20. The molecule has 0 radical (unpaired) electrons. The third-order valence-electron chi connectivity index (χ3n) is 10.4. The Morgan fingerprint density at radius 3 is 2.14 bits per heavy atom. The standard InChI is InChI=1S/C39H50N2O12S3/c1-5-40-33-20-18-29(55(47,48)49)27-31(33)39(3,23-25-53-4)35(40)15-10-7-6-8-11-16-36-38(2,22-14-26-54(44,45)46)32-28-30(56(50,51)52)19-21-34(32)41(36)24-13-9-12-17-37(42)43/h6-8,10-11,15-16,18-21,27-28H,5,9,12-14,17,22-26H2,1-4H3,(H3-,42,43,44,45,46,47,48,49,50,51,52). The Balaban J connectivity index is 1.69. The van der Waals surface area contributed by atoms with E-state index < -0.39 is 57.8 Å². The van der Waals surface area contributed by atoms with Gasteiger partial charge in [-0.15, -0.1) is 0 Å². The molecule has 0 saturated carbocycles. The number of nitrogens with zero attached hydrogens (tertiary/aromatic N) is 2. The van der Waals surface area contributed by atoms with Crippen LogP contribution in [0.15, 0.2) is 94.4 Å². The van der Waals surface area contributed by atoms with Gasteiger partial charge in [-0.3, -0.25) is 13.9 Å². The number of carboxylic acids is 1. The number of unbranched alkanes of at least 4 members (excludes halogenated alkanes) is 2. The second-order valence-corrected chi connectivity index (χ2v) is 18.6. The first-order valence-corrected chi connectivity index (χ1v) is 22.7. The van der Waals surface area contributed by atoms with Gasteiger partial charge in [0.25, 0.3) is 20.2 Å². The van der Waals surface area contributed by atoms with Gasteiger partial charge in [-0.25, -0.2) is 8.42 Å². The van der Waals surface area contributed by atoms with Gasteiger partial charge in [-0.1, -0.05) is 30.4 Å². The van der Waals surface area contributed by atoms with E-state index in [1.165, 1.54) is 24.3 Å². The van der Waals surface area contributed by atoms with Crippen LogP contribution in [0.1, 0.15) is 76.8 Å². The summed E-state index contributed by atoms with van der Waals surface area (Å²) in [6.45, 7) is 7.26. The van der Waals surface area contributed by atoms with E-state index >= 15 is 0 Å². The summed E-state index contributed by atoms with van der Waals surface area (Å²) in [6.07, 6.45) is 15.3. The van der Waals surface area contributed by atoms with Gasteiger partial charge >= 0.3 is 5.97 Å². The molecular weight excluding hydrogens is 785 g/mol. The van der Waals surface area contributed by atoms with Crippen LogP contribution in [-0.2, 0) is 50.7 Å². The number of allylic oxidation sites excluding steroid dienone is 8. The highest BCUT2D eigenvalue weighted by Crippen LogP contribution is 2.50. The lowest BCUT2D eigenvalue weighted by molar-refractivity contribution is -0.438. The molecule has 2 aliphatic heterocycles. The maximum atomic E-state index is 12.0. The summed E-state index contributed by atoms with van der Waals surface area (Å²) in [6, 6.07) is 8.69. The maximum absolute atomic E-state index is 12.0. The average molecular weight is 835 g/mol. The molecule has 2 aromatic carbocycles. The summed E-state index contributed by atoms with van der Waals surface area (Å²) < 4.78 is 110. The fraction of sp³-hybridized carbons (Fsp3) is 0.436. The molecule has 0 spiro atoms. The smallest absolute Gasteiger partial charge is 0.303 e. The molecule has 0 saturated heterocycles. The van der Waals surface area contributed by atoms with Gasteiger partial charge in [0.05, 0.1) is 21.0 Å². The van der Waals surface area contributed by atoms with Crippen molar-refractivity contribution in [2.75, 3.05) is 37.5 Å². The molecule has 3 N–H and O–H groups in total. The third kappa shape index (κ3) is 10.5. The Hall–Kier alpha value is -3.97. The molecule has 0 bridgehead atoms. The van der Waals surface area contributed by atoms with E-state index in [0.29, 0.717) is 62.3 Å². The van der Waals surface area contributed by atoms with Crippen LogP contribution < -0.4 is 4.90 Å². The monoisotopic (exact) mass is 834 g/mol. The zero-order chi connectivity index (χ0) is 41.5. The minimum Gasteiger partial charge on any atom is -0.744 e. The van der Waals surface area contributed by atoms with Gasteiger partial charge in [0, 0.05) is 67.6 Å². The van der Waals surface area contributed by atoms with Crippen molar-refractivity contribution < 1.29 is 58.1 Å².